The second kappa shape index (κ2) is 4.61. The zero-order valence-corrected chi connectivity index (χ0v) is 8.87. The van der Waals surface area contributed by atoms with Crippen molar-refractivity contribution in [1.29, 1.82) is 0 Å². The molecule has 2 bridgehead atoms. The molecule has 4 nitrogen and oxygen atoms in total. The van der Waals surface area contributed by atoms with E-state index >= 15 is 0 Å². The monoisotopic (exact) mass is 214 g/mol. The molecule has 1 unspecified atom stereocenters. The first-order valence-corrected chi connectivity index (χ1v) is 5.34. The van der Waals surface area contributed by atoms with Gasteiger partial charge in [-0.3, -0.25) is 0 Å². The van der Waals surface area contributed by atoms with Crippen LogP contribution in [0.15, 0.2) is 12.2 Å². The fourth-order valence-corrected chi connectivity index (χ4v) is 2.96. The molecule has 0 saturated heterocycles. The zero-order valence-electron chi connectivity index (χ0n) is 8.87. The fraction of sp³-hybridized carbons (Fsp3) is 0.818. The summed E-state index contributed by atoms with van der Waals surface area (Å²) in [7, 11) is 1.59. The second-order valence-corrected chi connectivity index (χ2v) is 4.27. The van der Waals surface area contributed by atoms with E-state index in [9.17, 15) is 10.2 Å². The standard InChI is InChI=1S/C11H18O4/c1-14-6-15-11-7-2-3-8(11)10(5-13)9(7)4-12/h2-3,7-13H,4-6H2,1H3/t7-,8+,9-,10-,11?/m0/s1. The molecule has 0 aromatic carbocycles. The summed E-state index contributed by atoms with van der Waals surface area (Å²) in [5.41, 5.74) is 0. The van der Waals surface area contributed by atoms with Crippen molar-refractivity contribution in [2.75, 3.05) is 27.1 Å². The van der Waals surface area contributed by atoms with Crippen LogP contribution >= 0.6 is 0 Å². The molecule has 86 valence electrons. The Kier molecular flexibility index (Phi) is 3.41. The highest BCUT2D eigenvalue weighted by atomic mass is 16.7. The Bertz CT molecular complexity index is 221. The topological polar surface area (TPSA) is 58.9 Å². The summed E-state index contributed by atoms with van der Waals surface area (Å²) < 4.78 is 10.5. The van der Waals surface area contributed by atoms with Crippen LogP contribution in [0.5, 0.6) is 0 Å². The lowest BCUT2D eigenvalue weighted by atomic mass is 9.84. The molecule has 0 aliphatic heterocycles. The summed E-state index contributed by atoms with van der Waals surface area (Å²) >= 11 is 0. The van der Waals surface area contributed by atoms with Gasteiger partial charge in [-0.05, 0) is 11.8 Å². The van der Waals surface area contributed by atoms with E-state index in [1.54, 1.807) is 7.11 Å². The number of fused-ring (bicyclic) bond motifs is 2. The van der Waals surface area contributed by atoms with Crippen molar-refractivity contribution in [2.24, 2.45) is 23.7 Å². The molecule has 0 aromatic rings. The van der Waals surface area contributed by atoms with E-state index in [0.29, 0.717) is 0 Å². The van der Waals surface area contributed by atoms with Gasteiger partial charge in [0.05, 0.1) is 6.10 Å². The molecule has 15 heavy (non-hydrogen) atoms. The van der Waals surface area contributed by atoms with E-state index in [1.165, 1.54) is 0 Å². The van der Waals surface area contributed by atoms with Gasteiger partial charge in [-0.2, -0.15) is 0 Å². The van der Waals surface area contributed by atoms with Crippen molar-refractivity contribution in [3.63, 3.8) is 0 Å². The lowest BCUT2D eigenvalue weighted by Crippen LogP contribution is -2.25. The van der Waals surface area contributed by atoms with Crippen LogP contribution in [0.25, 0.3) is 0 Å². The predicted octanol–water partition coefficient (Wildman–Crippen LogP) is 0.00830. The number of aliphatic hydroxyl groups is 2. The molecule has 2 rings (SSSR count). The summed E-state index contributed by atoms with van der Waals surface area (Å²) in [6.07, 6.45) is 4.26. The summed E-state index contributed by atoms with van der Waals surface area (Å²) in [5, 5.41) is 18.6. The minimum Gasteiger partial charge on any atom is -0.396 e. The smallest absolute Gasteiger partial charge is 0.146 e. The highest BCUT2D eigenvalue weighted by Crippen LogP contribution is 2.49. The first-order valence-electron chi connectivity index (χ1n) is 5.34. The van der Waals surface area contributed by atoms with E-state index in [2.05, 4.69) is 12.2 Å². The summed E-state index contributed by atoms with van der Waals surface area (Å²) in [4.78, 5) is 0. The van der Waals surface area contributed by atoms with Gasteiger partial charge in [0.1, 0.15) is 6.79 Å². The van der Waals surface area contributed by atoms with Crippen LogP contribution in [0.1, 0.15) is 0 Å². The van der Waals surface area contributed by atoms with Crippen LogP contribution < -0.4 is 0 Å². The Balaban J connectivity index is 2.05. The zero-order chi connectivity index (χ0) is 10.8. The van der Waals surface area contributed by atoms with Gasteiger partial charge in [-0.15, -0.1) is 0 Å². The maximum Gasteiger partial charge on any atom is 0.146 e. The van der Waals surface area contributed by atoms with Gasteiger partial charge >= 0.3 is 0 Å². The van der Waals surface area contributed by atoms with Crippen LogP contribution in [0.3, 0.4) is 0 Å². The number of rotatable bonds is 5. The van der Waals surface area contributed by atoms with Gasteiger partial charge in [-0.1, -0.05) is 12.2 Å². The number of aliphatic hydroxyl groups excluding tert-OH is 2. The highest BCUT2D eigenvalue weighted by molar-refractivity contribution is 5.18. The average molecular weight is 214 g/mol. The minimum atomic E-state index is 0.0687. The fourth-order valence-electron chi connectivity index (χ4n) is 2.96. The van der Waals surface area contributed by atoms with E-state index in [4.69, 9.17) is 9.47 Å². The molecule has 0 amide bonds. The summed E-state index contributed by atoms with van der Waals surface area (Å²) in [5.74, 6) is 0.721. The van der Waals surface area contributed by atoms with Crippen molar-refractivity contribution in [3.8, 4) is 0 Å². The maximum absolute atomic E-state index is 9.30. The van der Waals surface area contributed by atoms with Crippen LogP contribution in [0.4, 0.5) is 0 Å². The van der Waals surface area contributed by atoms with E-state index < -0.39 is 0 Å². The molecule has 2 aliphatic carbocycles. The van der Waals surface area contributed by atoms with Crippen LogP contribution in [0.2, 0.25) is 0 Å². The van der Waals surface area contributed by atoms with Gasteiger partial charge in [0.25, 0.3) is 0 Å². The van der Waals surface area contributed by atoms with E-state index in [1.807, 2.05) is 0 Å². The lowest BCUT2D eigenvalue weighted by Gasteiger charge is -2.23. The Hall–Kier alpha value is -0.420. The second-order valence-electron chi connectivity index (χ2n) is 4.27. The number of methoxy groups -OCH3 is 1. The van der Waals surface area contributed by atoms with Crippen molar-refractivity contribution in [3.05, 3.63) is 12.2 Å². The molecule has 1 fully saturated rings. The van der Waals surface area contributed by atoms with Gasteiger partial charge in [0.15, 0.2) is 0 Å². The molecular formula is C11H18O4. The van der Waals surface area contributed by atoms with Crippen molar-refractivity contribution in [2.45, 2.75) is 6.10 Å². The Labute approximate surface area is 89.5 Å². The molecule has 0 aromatic heterocycles. The number of hydrogen-bond acceptors (Lipinski definition) is 4. The Morgan fingerprint density at radius 3 is 2.00 bits per heavy atom. The van der Waals surface area contributed by atoms with Crippen molar-refractivity contribution in [1.82, 2.24) is 0 Å². The van der Waals surface area contributed by atoms with Crippen molar-refractivity contribution >= 4 is 0 Å². The molecule has 0 heterocycles. The molecule has 5 atom stereocenters. The lowest BCUT2D eigenvalue weighted by molar-refractivity contribution is -0.0874. The van der Waals surface area contributed by atoms with Gasteiger partial charge < -0.3 is 19.7 Å². The van der Waals surface area contributed by atoms with Crippen LogP contribution in [-0.2, 0) is 9.47 Å². The third-order valence-corrected chi connectivity index (χ3v) is 3.65. The number of ether oxygens (including phenoxy) is 2. The first kappa shape index (κ1) is 11.1. The van der Waals surface area contributed by atoms with E-state index in [-0.39, 0.29) is 49.8 Å². The minimum absolute atomic E-state index is 0.0687. The molecule has 0 spiro atoms. The molecular weight excluding hydrogens is 196 g/mol. The first-order chi connectivity index (χ1) is 7.33. The largest absolute Gasteiger partial charge is 0.396 e. The molecule has 4 heteroatoms. The molecule has 1 saturated carbocycles. The highest BCUT2D eigenvalue weighted by Gasteiger charge is 2.51. The van der Waals surface area contributed by atoms with Crippen molar-refractivity contribution < 1.29 is 19.7 Å². The summed E-state index contributed by atoms with van der Waals surface area (Å²) in [6.45, 7) is 0.503. The third-order valence-electron chi connectivity index (χ3n) is 3.65. The average Bonchev–Trinajstić information content (AvgIpc) is 2.79. The quantitative estimate of drug-likeness (QED) is 0.500. The molecule has 0 radical (unpaired) electrons. The normalized spacial score (nSPS) is 42.7. The third kappa shape index (κ3) is 1.72. The maximum atomic E-state index is 9.30. The predicted molar refractivity (Wildman–Crippen MR) is 54.0 cm³/mol. The SMILES string of the molecule is COCOC1[C@H]2C=C[C@@H]1[C@H](CO)[C@H]2CO. The molecule has 2 aliphatic rings. The van der Waals surface area contributed by atoms with Crippen LogP contribution in [0, 0.1) is 23.7 Å². The van der Waals surface area contributed by atoms with Gasteiger partial charge in [0, 0.05) is 32.2 Å². The van der Waals surface area contributed by atoms with E-state index in [0.717, 1.165) is 0 Å². The summed E-state index contributed by atoms with van der Waals surface area (Å²) in [6, 6.07) is 0. The number of hydrogen-bond donors (Lipinski definition) is 2. The molecule has 2 N–H and O–H groups in total. The van der Waals surface area contributed by atoms with Gasteiger partial charge in [0.2, 0.25) is 0 Å². The Morgan fingerprint density at radius 1 is 1.07 bits per heavy atom. The van der Waals surface area contributed by atoms with Gasteiger partial charge in [-0.25, -0.2) is 0 Å². The van der Waals surface area contributed by atoms with Crippen LogP contribution in [-0.4, -0.2) is 43.4 Å². The Morgan fingerprint density at radius 2 is 1.60 bits per heavy atom.